The van der Waals surface area contributed by atoms with E-state index in [4.69, 9.17) is 0 Å². The van der Waals surface area contributed by atoms with Crippen molar-refractivity contribution in [3.05, 3.63) is 64.2 Å². The predicted octanol–water partition coefficient (Wildman–Crippen LogP) is 3.65. The summed E-state index contributed by atoms with van der Waals surface area (Å²) in [6, 6.07) is 14.3. The number of non-ortho nitro benzene ring substituents is 1. The van der Waals surface area contributed by atoms with Crippen LogP contribution in [0.5, 0.6) is 0 Å². The van der Waals surface area contributed by atoms with Gasteiger partial charge < -0.3 is 15.1 Å². The first-order valence-corrected chi connectivity index (χ1v) is 8.58. The monoisotopic (exact) mass is 354 g/mol. The lowest BCUT2D eigenvalue weighted by atomic mass is 10.1. The van der Waals surface area contributed by atoms with Crippen LogP contribution in [0.25, 0.3) is 0 Å². The van der Waals surface area contributed by atoms with Gasteiger partial charge >= 0.3 is 6.03 Å². The number of hydrogen-bond donors (Lipinski definition) is 1. The third-order valence-electron chi connectivity index (χ3n) is 4.59. The molecule has 26 heavy (non-hydrogen) atoms. The Morgan fingerprint density at radius 1 is 1.19 bits per heavy atom. The molecule has 3 rings (SSSR count). The molecule has 1 aliphatic rings. The molecule has 1 fully saturated rings. The van der Waals surface area contributed by atoms with Gasteiger partial charge in [-0.3, -0.25) is 10.1 Å². The molecule has 0 saturated carbocycles. The number of piperazine rings is 1. The summed E-state index contributed by atoms with van der Waals surface area (Å²) in [5.41, 5.74) is 2.76. The summed E-state index contributed by atoms with van der Waals surface area (Å²) >= 11 is 0. The SMILES string of the molecule is Cc1ccc(N2CCN(C(=O)Nc3cccc([N+](=O)[O-])c3)C[C@H]2C)cc1. The Morgan fingerprint density at radius 2 is 1.92 bits per heavy atom. The van der Waals surface area contributed by atoms with Crippen LogP contribution in [0.2, 0.25) is 0 Å². The minimum atomic E-state index is -0.474. The maximum atomic E-state index is 12.5. The number of amides is 2. The molecule has 2 aromatic carbocycles. The van der Waals surface area contributed by atoms with Crippen LogP contribution in [-0.2, 0) is 0 Å². The number of rotatable bonds is 3. The zero-order chi connectivity index (χ0) is 18.7. The van der Waals surface area contributed by atoms with Crippen molar-refractivity contribution < 1.29 is 9.72 Å². The molecule has 0 bridgehead atoms. The standard InChI is InChI=1S/C19H22N4O3/c1-14-6-8-17(9-7-14)22-11-10-21(13-15(22)2)19(24)20-16-4-3-5-18(12-16)23(25)26/h3-9,12,15H,10-11,13H2,1-2H3,(H,20,24)/t15-/m1/s1. The molecule has 1 N–H and O–H groups in total. The average Bonchev–Trinajstić information content (AvgIpc) is 2.62. The van der Waals surface area contributed by atoms with Crippen molar-refractivity contribution in [1.82, 2.24) is 4.90 Å². The summed E-state index contributed by atoms with van der Waals surface area (Å²) in [4.78, 5) is 26.9. The van der Waals surface area contributed by atoms with E-state index in [-0.39, 0.29) is 17.8 Å². The van der Waals surface area contributed by atoms with E-state index in [0.29, 0.717) is 18.8 Å². The number of nitro benzene ring substituents is 1. The molecule has 1 saturated heterocycles. The first-order valence-electron chi connectivity index (χ1n) is 8.58. The molecule has 7 heteroatoms. The summed E-state index contributed by atoms with van der Waals surface area (Å²) in [5, 5.41) is 13.6. The largest absolute Gasteiger partial charge is 0.365 e. The van der Waals surface area contributed by atoms with Crippen LogP contribution in [0.3, 0.4) is 0 Å². The van der Waals surface area contributed by atoms with E-state index < -0.39 is 4.92 Å². The van der Waals surface area contributed by atoms with Gasteiger partial charge in [0.05, 0.1) is 4.92 Å². The van der Waals surface area contributed by atoms with Crippen molar-refractivity contribution in [2.75, 3.05) is 29.9 Å². The summed E-state index contributed by atoms with van der Waals surface area (Å²) in [7, 11) is 0. The van der Waals surface area contributed by atoms with Gasteiger partial charge in [0, 0.05) is 49.2 Å². The second-order valence-electron chi connectivity index (χ2n) is 6.56. The van der Waals surface area contributed by atoms with Crippen LogP contribution in [-0.4, -0.2) is 41.5 Å². The number of hydrogen-bond acceptors (Lipinski definition) is 4. The first-order chi connectivity index (χ1) is 12.4. The predicted molar refractivity (Wildman–Crippen MR) is 102 cm³/mol. The normalized spacial score (nSPS) is 17.1. The highest BCUT2D eigenvalue weighted by atomic mass is 16.6. The minimum Gasteiger partial charge on any atom is -0.365 e. The van der Waals surface area contributed by atoms with Crippen LogP contribution in [0, 0.1) is 17.0 Å². The van der Waals surface area contributed by atoms with Gasteiger partial charge in [0.1, 0.15) is 0 Å². The number of anilines is 2. The first kappa shape index (κ1) is 17.7. The van der Waals surface area contributed by atoms with Crippen LogP contribution < -0.4 is 10.2 Å². The number of benzene rings is 2. The van der Waals surface area contributed by atoms with Gasteiger partial charge in [-0.15, -0.1) is 0 Å². The van der Waals surface area contributed by atoms with Crippen LogP contribution in [0.1, 0.15) is 12.5 Å². The van der Waals surface area contributed by atoms with E-state index in [2.05, 4.69) is 48.3 Å². The summed E-state index contributed by atoms with van der Waals surface area (Å²) in [5.74, 6) is 0. The van der Waals surface area contributed by atoms with E-state index >= 15 is 0 Å². The van der Waals surface area contributed by atoms with Crippen LogP contribution in [0.4, 0.5) is 21.9 Å². The molecule has 7 nitrogen and oxygen atoms in total. The van der Waals surface area contributed by atoms with Crippen LogP contribution >= 0.6 is 0 Å². The number of urea groups is 1. The molecule has 2 amide bonds. The molecule has 1 heterocycles. The fraction of sp³-hybridized carbons (Fsp3) is 0.316. The highest BCUT2D eigenvalue weighted by Gasteiger charge is 2.27. The quantitative estimate of drug-likeness (QED) is 0.674. The Morgan fingerprint density at radius 3 is 2.58 bits per heavy atom. The van der Waals surface area contributed by atoms with E-state index in [1.54, 1.807) is 17.0 Å². The highest BCUT2D eigenvalue weighted by Crippen LogP contribution is 2.22. The van der Waals surface area contributed by atoms with E-state index in [1.165, 1.54) is 17.7 Å². The zero-order valence-electron chi connectivity index (χ0n) is 14.9. The topological polar surface area (TPSA) is 78.7 Å². The van der Waals surface area contributed by atoms with Gasteiger partial charge in [0.15, 0.2) is 0 Å². The Balaban J connectivity index is 1.63. The second kappa shape index (κ2) is 7.43. The Kier molecular flexibility index (Phi) is 5.06. The number of carbonyl (C=O) groups excluding carboxylic acids is 1. The lowest BCUT2D eigenvalue weighted by Gasteiger charge is -2.41. The number of aryl methyl sites for hydroxylation is 1. The Bertz CT molecular complexity index is 807. The smallest absolute Gasteiger partial charge is 0.321 e. The summed E-state index contributed by atoms with van der Waals surface area (Å²) < 4.78 is 0. The van der Waals surface area contributed by atoms with Gasteiger partial charge in [-0.1, -0.05) is 23.8 Å². The van der Waals surface area contributed by atoms with Gasteiger partial charge in [-0.25, -0.2) is 4.79 Å². The lowest BCUT2D eigenvalue weighted by molar-refractivity contribution is -0.384. The molecular weight excluding hydrogens is 332 g/mol. The Labute approximate surface area is 152 Å². The molecular formula is C19H22N4O3. The molecule has 1 aliphatic heterocycles. The fourth-order valence-electron chi connectivity index (χ4n) is 3.16. The van der Waals surface area contributed by atoms with Crippen molar-refractivity contribution in [3.8, 4) is 0 Å². The maximum Gasteiger partial charge on any atom is 0.321 e. The molecule has 0 aromatic heterocycles. The minimum absolute atomic E-state index is 0.0413. The molecule has 0 spiro atoms. The van der Waals surface area contributed by atoms with Crippen molar-refractivity contribution >= 4 is 23.1 Å². The summed E-state index contributed by atoms with van der Waals surface area (Å²) in [6.07, 6.45) is 0. The van der Waals surface area contributed by atoms with E-state index in [0.717, 1.165) is 12.2 Å². The van der Waals surface area contributed by atoms with Gasteiger partial charge in [-0.2, -0.15) is 0 Å². The molecule has 136 valence electrons. The average molecular weight is 354 g/mol. The molecule has 1 atom stereocenters. The van der Waals surface area contributed by atoms with Crippen molar-refractivity contribution in [2.24, 2.45) is 0 Å². The molecule has 2 aromatic rings. The van der Waals surface area contributed by atoms with Crippen LogP contribution in [0.15, 0.2) is 48.5 Å². The zero-order valence-corrected chi connectivity index (χ0v) is 14.9. The Hall–Kier alpha value is -3.09. The van der Waals surface area contributed by atoms with Gasteiger partial charge in [0.25, 0.3) is 5.69 Å². The third kappa shape index (κ3) is 3.93. The highest BCUT2D eigenvalue weighted by molar-refractivity contribution is 5.89. The van der Waals surface area contributed by atoms with E-state index in [9.17, 15) is 14.9 Å². The number of nitrogens with one attached hydrogen (secondary N) is 1. The second-order valence-corrected chi connectivity index (χ2v) is 6.56. The molecule has 0 radical (unpaired) electrons. The number of nitro groups is 1. The number of carbonyl (C=O) groups is 1. The van der Waals surface area contributed by atoms with Crippen molar-refractivity contribution in [1.29, 1.82) is 0 Å². The van der Waals surface area contributed by atoms with Gasteiger partial charge in [-0.05, 0) is 32.0 Å². The summed E-state index contributed by atoms with van der Waals surface area (Å²) in [6.45, 7) is 6.08. The van der Waals surface area contributed by atoms with Gasteiger partial charge in [0.2, 0.25) is 0 Å². The molecule has 0 aliphatic carbocycles. The fourth-order valence-corrected chi connectivity index (χ4v) is 3.16. The maximum absolute atomic E-state index is 12.5. The third-order valence-corrected chi connectivity index (χ3v) is 4.59. The van der Waals surface area contributed by atoms with Crippen molar-refractivity contribution in [3.63, 3.8) is 0 Å². The van der Waals surface area contributed by atoms with Crippen molar-refractivity contribution in [2.45, 2.75) is 19.9 Å². The number of nitrogens with zero attached hydrogens (tertiary/aromatic N) is 3. The lowest BCUT2D eigenvalue weighted by Crippen LogP contribution is -2.54. The molecule has 0 unspecified atom stereocenters. The van der Waals surface area contributed by atoms with E-state index in [1.807, 2.05) is 0 Å².